The van der Waals surface area contributed by atoms with Crippen LogP contribution < -0.4 is 0 Å². The summed E-state index contributed by atoms with van der Waals surface area (Å²) in [7, 11) is 0. The lowest BCUT2D eigenvalue weighted by molar-refractivity contribution is -0.0388. The van der Waals surface area contributed by atoms with Crippen molar-refractivity contribution in [1.82, 2.24) is 14.4 Å². The molecule has 0 radical (unpaired) electrons. The second-order valence-corrected chi connectivity index (χ2v) is 5.08. The summed E-state index contributed by atoms with van der Waals surface area (Å²) < 4.78 is 28.1. The van der Waals surface area contributed by atoms with E-state index in [1.165, 1.54) is 0 Å². The third-order valence-electron chi connectivity index (χ3n) is 3.52. The number of halogens is 3. The van der Waals surface area contributed by atoms with Crippen LogP contribution in [0.3, 0.4) is 0 Å². The summed E-state index contributed by atoms with van der Waals surface area (Å²) in [5, 5.41) is 0.386. The van der Waals surface area contributed by atoms with Crippen LogP contribution in [0.2, 0.25) is 5.15 Å². The van der Waals surface area contributed by atoms with E-state index in [0.29, 0.717) is 18.0 Å². The lowest BCUT2D eigenvalue weighted by Gasteiger charge is -2.27. The Morgan fingerprint density at radius 3 is 2.72 bits per heavy atom. The summed E-state index contributed by atoms with van der Waals surface area (Å²) >= 11 is 5.96. The summed E-state index contributed by atoms with van der Waals surface area (Å²) in [5.74, 6) is -1.63. The van der Waals surface area contributed by atoms with Crippen molar-refractivity contribution in [1.29, 1.82) is 0 Å². The fourth-order valence-corrected chi connectivity index (χ4v) is 2.71. The first-order chi connectivity index (χ1) is 8.57. The summed E-state index contributed by atoms with van der Waals surface area (Å²) in [6.07, 6.45) is 5.82. The molecule has 2 heterocycles. The maximum atomic E-state index is 13.1. The second kappa shape index (κ2) is 4.16. The van der Waals surface area contributed by atoms with Crippen molar-refractivity contribution in [3.8, 4) is 0 Å². The molecule has 0 amide bonds. The number of fused-ring (bicyclic) bond motifs is 1. The van der Waals surface area contributed by atoms with Gasteiger partial charge in [0.2, 0.25) is 5.92 Å². The molecule has 1 fully saturated rings. The number of imidazole rings is 1. The molecule has 0 atom stereocenters. The third-order valence-corrected chi connectivity index (χ3v) is 3.81. The Morgan fingerprint density at radius 2 is 2.00 bits per heavy atom. The van der Waals surface area contributed by atoms with E-state index in [1.807, 2.05) is 4.40 Å². The van der Waals surface area contributed by atoms with Crippen molar-refractivity contribution in [2.45, 2.75) is 37.5 Å². The summed E-state index contributed by atoms with van der Waals surface area (Å²) in [6, 6.07) is 0. The molecule has 1 saturated carbocycles. The zero-order valence-corrected chi connectivity index (χ0v) is 10.4. The average Bonchev–Trinajstić information content (AvgIpc) is 2.74. The van der Waals surface area contributed by atoms with Gasteiger partial charge in [0.05, 0.1) is 6.20 Å². The quantitative estimate of drug-likeness (QED) is 0.792. The van der Waals surface area contributed by atoms with Gasteiger partial charge in [0.25, 0.3) is 0 Å². The molecule has 3 nitrogen and oxygen atoms in total. The van der Waals surface area contributed by atoms with Crippen LogP contribution in [0.5, 0.6) is 0 Å². The molecule has 6 heteroatoms. The number of hydrogen-bond acceptors (Lipinski definition) is 2. The summed E-state index contributed by atoms with van der Waals surface area (Å²) in [5.41, 5.74) is 0.728. The Kier molecular flexibility index (Phi) is 2.73. The van der Waals surface area contributed by atoms with Gasteiger partial charge in [-0.3, -0.25) is 4.40 Å². The van der Waals surface area contributed by atoms with Gasteiger partial charge in [-0.05, 0) is 12.8 Å². The molecule has 0 N–H and O–H groups in total. The van der Waals surface area contributed by atoms with Crippen LogP contribution in [0, 0.1) is 0 Å². The van der Waals surface area contributed by atoms with E-state index in [4.69, 9.17) is 11.6 Å². The highest BCUT2D eigenvalue weighted by Crippen LogP contribution is 2.40. The molecule has 1 aliphatic carbocycles. The second-order valence-electron chi connectivity index (χ2n) is 4.72. The Morgan fingerprint density at radius 1 is 1.28 bits per heavy atom. The van der Waals surface area contributed by atoms with Crippen molar-refractivity contribution in [3.63, 3.8) is 0 Å². The molecule has 0 bridgehead atoms. The first kappa shape index (κ1) is 11.8. The molecule has 0 aromatic carbocycles. The van der Waals surface area contributed by atoms with Crippen molar-refractivity contribution < 1.29 is 8.78 Å². The molecule has 0 saturated heterocycles. The lowest BCUT2D eigenvalue weighted by atomic mass is 9.86. The highest BCUT2D eigenvalue weighted by molar-refractivity contribution is 6.32. The van der Waals surface area contributed by atoms with Crippen LogP contribution in [0.4, 0.5) is 8.78 Å². The van der Waals surface area contributed by atoms with Crippen LogP contribution in [0.1, 0.15) is 37.4 Å². The van der Waals surface area contributed by atoms with Gasteiger partial charge in [-0.15, -0.1) is 0 Å². The molecule has 3 rings (SSSR count). The van der Waals surface area contributed by atoms with E-state index >= 15 is 0 Å². The SMILES string of the molecule is FC1(F)CCC(c2ncc3c(Cl)nccn23)CC1. The standard InChI is InChI=1S/C12H12ClF2N3/c13-10-9-7-17-11(18(9)6-5-16-10)8-1-3-12(14,15)4-2-8/h5-8H,1-4H2. The zero-order chi connectivity index (χ0) is 12.8. The normalized spacial score (nSPS) is 20.4. The lowest BCUT2D eigenvalue weighted by Crippen LogP contribution is -2.24. The van der Waals surface area contributed by atoms with Gasteiger partial charge < -0.3 is 0 Å². The van der Waals surface area contributed by atoms with Crippen LogP contribution in [0.15, 0.2) is 18.6 Å². The molecule has 1 aliphatic rings. The Hall–Kier alpha value is -1.23. The van der Waals surface area contributed by atoms with Crippen LogP contribution in [-0.2, 0) is 0 Å². The number of aromatic nitrogens is 3. The number of nitrogens with zero attached hydrogens (tertiary/aromatic N) is 3. The first-order valence-corrected chi connectivity index (χ1v) is 6.30. The van der Waals surface area contributed by atoms with Crippen molar-refractivity contribution >= 4 is 17.1 Å². The van der Waals surface area contributed by atoms with Gasteiger partial charge in [-0.2, -0.15) is 0 Å². The van der Waals surface area contributed by atoms with E-state index in [0.717, 1.165) is 11.3 Å². The van der Waals surface area contributed by atoms with Crippen molar-refractivity contribution in [3.05, 3.63) is 29.6 Å². The molecular weight excluding hydrogens is 260 g/mol. The smallest absolute Gasteiger partial charge is 0.248 e. The number of alkyl halides is 2. The monoisotopic (exact) mass is 271 g/mol. The van der Waals surface area contributed by atoms with Crippen LogP contribution >= 0.6 is 11.6 Å². The van der Waals surface area contributed by atoms with Crippen molar-refractivity contribution in [2.75, 3.05) is 0 Å². The van der Waals surface area contributed by atoms with Gasteiger partial charge in [-0.1, -0.05) is 11.6 Å². The summed E-state index contributed by atoms with van der Waals surface area (Å²) in [4.78, 5) is 8.29. The molecule has 18 heavy (non-hydrogen) atoms. The fraction of sp³-hybridized carbons (Fsp3) is 0.500. The molecule has 2 aromatic heterocycles. The number of rotatable bonds is 1. The maximum Gasteiger partial charge on any atom is 0.248 e. The fourth-order valence-electron chi connectivity index (χ4n) is 2.52. The Bertz CT molecular complexity index is 572. The van der Waals surface area contributed by atoms with Crippen molar-refractivity contribution in [2.24, 2.45) is 0 Å². The summed E-state index contributed by atoms with van der Waals surface area (Å²) in [6.45, 7) is 0. The Balaban J connectivity index is 1.94. The van der Waals surface area contributed by atoms with Gasteiger partial charge in [0.15, 0.2) is 5.15 Å². The molecule has 96 valence electrons. The highest BCUT2D eigenvalue weighted by atomic mass is 35.5. The molecule has 0 aliphatic heterocycles. The number of hydrogen-bond donors (Lipinski definition) is 0. The average molecular weight is 272 g/mol. The Labute approximate surface area is 108 Å². The minimum Gasteiger partial charge on any atom is -0.299 e. The predicted molar refractivity (Wildman–Crippen MR) is 64.2 cm³/mol. The van der Waals surface area contributed by atoms with Crippen LogP contribution in [-0.4, -0.2) is 20.3 Å². The largest absolute Gasteiger partial charge is 0.299 e. The van der Waals surface area contributed by atoms with E-state index in [-0.39, 0.29) is 18.8 Å². The third kappa shape index (κ3) is 1.96. The minimum atomic E-state index is -2.51. The zero-order valence-electron chi connectivity index (χ0n) is 9.61. The van der Waals surface area contributed by atoms with Gasteiger partial charge in [0.1, 0.15) is 11.3 Å². The van der Waals surface area contributed by atoms with Gasteiger partial charge in [0, 0.05) is 31.2 Å². The molecule has 0 unspecified atom stereocenters. The van der Waals surface area contributed by atoms with E-state index in [2.05, 4.69) is 9.97 Å². The highest BCUT2D eigenvalue weighted by Gasteiger charge is 2.36. The maximum absolute atomic E-state index is 13.1. The van der Waals surface area contributed by atoms with Gasteiger partial charge >= 0.3 is 0 Å². The van der Waals surface area contributed by atoms with Gasteiger partial charge in [-0.25, -0.2) is 18.7 Å². The van der Waals surface area contributed by atoms with Crippen LogP contribution in [0.25, 0.3) is 5.52 Å². The van der Waals surface area contributed by atoms with E-state index in [1.54, 1.807) is 18.6 Å². The first-order valence-electron chi connectivity index (χ1n) is 5.92. The minimum absolute atomic E-state index is 0.0641. The predicted octanol–water partition coefficient (Wildman–Crippen LogP) is 3.68. The molecule has 2 aromatic rings. The van der Waals surface area contributed by atoms with E-state index < -0.39 is 5.92 Å². The van der Waals surface area contributed by atoms with E-state index in [9.17, 15) is 8.78 Å². The molecular formula is C12H12ClF2N3. The molecule has 0 spiro atoms. The topological polar surface area (TPSA) is 30.2 Å².